The molecule has 88 heavy (non-hydrogen) atoms. The van der Waals surface area contributed by atoms with E-state index in [0.29, 0.717) is 49.7 Å². The molecule has 18 nitrogen and oxygen atoms in total. The molecule has 8 aromatic rings. The summed E-state index contributed by atoms with van der Waals surface area (Å²) in [6.45, 7) is 5.35. The Bertz CT molecular complexity index is 4140. The Morgan fingerprint density at radius 3 is 2.09 bits per heavy atom. The summed E-state index contributed by atoms with van der Waals surface area (Å²) in [5.41, 5.74) is -1.91. The van der Waals surface area contributed by atoms with Crippen molar-refractivity contribution in [2.24, 2.45) is 5.92 Å². The molecule has 460 valence electrons. The number of amides is 1. The first-order valence-electron chi connectivity index (χ1n) is 30.2. The summed E-state index contributed by atoms with van der Waals surface area (Å²) in [6, 6.07) is 7.87. The third kappa shape index (κ3) is 9.84. The third-order valence-electron chi connectivity index (χ3n) is 19.2. The number of carbonyl (C=O) groups is 1. The fourth-order valence-electron chi connectivity index (χ4n) is 15.3. The van der Waals surface area contributed by atoms with Gasteiger partial charge in [0.05, 0.1) is 40.1 Å². The molecular formula is C64H65F6N11O7. The van der Waals surface area contributed by atoms with Crippen LogP contribution in [0.4, 0.5) is 38.0 Å². The van der Waals surface area contributed by atoms with E-state index in [1.54, 1.807) is 18.7 Å². The third-order valence-corrected chi connectivity index (χ3v) is 19.2. The normalized spacial score (nSPS) is 25.6. The molecule has 10 heterocycles. The first-order chi connectivity index (χ1) is 42.4. The number of aromatic nitrogens is 6. The van der Waals surface area contributed by atoms with Crippen LogP contribution in [0.25, 0.3) is 65.9 Å². The van der Waals surface area contributed by atoms with Gasteiger partial charge < -0.3 is 45.4 Å². The number of phenols is 2. The summed E-state index contributed by atoms with van der Waals surface area (Å²) in [6.07, 6.45) is 1.47. The number of phenolic OH excluding ortho intramolecular Hbond substituents is 2. The predicted molar refractivity (Wildman–Crippen MR) is 316 cm³/mol. The Balaban J connectivity index is 0.829. The van der Waals surface area contributed by atoms with Crippen molar-refractivity contribution in [3.63, 3.8) is 0 Å². The zero-order chi connectivity index (χ0) is 61.1. The number of hydrogen-bond acceptors (Lipinski definition) is 17. The van der Waals surface area contributed by atoms with Crippen molar-refractivity contribution in [3.05, 3.63) is 94.8 Å². The molecule has 0 aliphatic carbocycles. The van der Waals surface area contributed by atoms with E-state index in [-0.39, 0.29) is 197 Å². The van der Waals surface area contributed by atoms with Gasteiger partial charge in [-0.25, -0.2) is 26.3 Å². The number of β-amino-alcohol motifs (C(OH)–C–C–N with tert-alkyl or cyclic N) is 2. The van der Waals surface area contributed by atoms with E-state index >= 15 is 22.0 Å². The molecule has 0 bridgehead atoms. The Morgan fingerprint density at radius 2 is 1.38 bits per heavy atom. The maximum absolute atomic E-state index is 17.8. The first-order valence-corrected chi connectivity index (χ1v) is 30.2. The van der Waals surface area contributed by atoms with Crippen molar-refractivity contribution >= 4 is 60.9 Å². The lowest BCUT2D eigenvalue weighted by atomic mass is 9.88. The highest BCUT2D eigenvalue weighted by Gasteiger charge is 2.56. The number of benzene rings is 4. The van der Waals surface area contributed by atoms with Gasteiger partial charge in [0.1, 0.15) is 82.7 Å². The van der Waals surface area contributed by atoms with E-state index in [0.717, 1.165) is 6.42 Å². The smallest absolute Gasteiger partial charge is 0.319 e. The molecule has 6 fully saturated rings. The number of rotatable bonds is 15. The van der Waals surface area contributed by atoms with Gasteiger partial charge in [-0.2, -0.15) is 19.9 Å². The number of aromatic hydroxyl groups is 2. The van der Waals surface area contributed by atoms with E-state index < -0.39 is 64.9 Å². The van der Waals surface area contributed by atoms with E-state index in [9.17, 15) is 29.6 Å². The minimum atomic E-state index is -1.65. The standard InChI is InChI=1S/C64H65F6N11O7/c1-3-38-46(66)8-7-32-14-34(82)17-42(50(32)38)54-53(70)57-45(25-73-54)60(79-27-36(84)15-37(85)28-79)78-62(76-57)88-30-64-10-6-12-81(64)58(48(68)21-64)41-19-47(67)39(4-2)51-40(41)16-35(83)18-43(51)55-52(69)56-44(24-72-55)59(74-23-31-13-49(86)71-22-31)77-61(75-56)87-29-63-9-5-11-80(63)26-33(65)20-63/h7-8,14,16-19,24-25,31,33,36-37,48,58,82-85H,3-6,9-13,15,20-23,26-30H2,1-2H3,(H,71,86)(H,74,75,77)/t31?,33-,36-,37-,48-,58?,63+,64+/m1/s1. The van der Waals surface area contributed by atoms with Crippen LogP contribution in [0, 0.1) is 29.2 Å². The second-order valence-corrected chi connectivity index (χ2v) is 24.8. The summed E-state index contributed by atoms with van der Waals surface area (Å²) in [5.74, 6) is -3.59. The number of ether oxygens (including phenoxy) is 2. The molecule has 4 aromatic heterocycles. The van der Waals surface area contributed by atoms with Crippen molar-refractivity contribution in [1.82, 2.24) is 45.0 Å². The van der Waals surface area contributed by atoms with Crippen LogP contribution >= 0.6 is 0 Å². The van der Waals surface area contributed by atoms with Gasteiger partial charge in [0.2, 0.25) is 5.91 Å². The van der Waals surface area contributed by atoms with E-state index in [2.05, 4.69) is 40.5 Å². The molecular weight excluding hydrogens is 1150 g/mol. The van der Waals surface area contributed by atoms with Gasteiger partial charge in [-0.3, -0.25) is 24.6 Å². The Hall–Kier alpha value is -7.93. The average Bonchev–Trinajstić information content (AvgIpc) is 1.44. The molecule has 24 heteroatoms. The SMILES string of the molecule is CCc1c(F)ccc2cc(O)cc(-c3ncc4c(N5C[C@H](O)C[C@@H](O)C5)nc(OC[C@@]56CCCN5C(c5cc(F)c(CC)c7c(-c8ncc9c(NCC%10CNC(=O)C%10)nc(OC[C@@]%10%11CCCN%10C[C@H](F)C%11)nc9c8F)cc(O)cc57)[C@H](F)C6)nc4c3F)c12. The van der Waals surface area contributed by atoms with Crippen LogP contribution in [-0.2, 0) is 17.6 Å². The predicted octanol–water partition coefficient (Wildman–Crippen LogP) is 9.23. The second-order valence-electron chi connectivity index (χ2n) is 24.8. The lowest BCUT2D eigenvalue weighted by Crippen LogP contribution is -2.46. The number of piperidine rings is 1. The van der Waals surface area contributed by atoms with Crippen LogP contribution in [0.2, 0.25) is 0 Å². The topological polar surface area (TPSA) is 228 Å². The average molecular weight is 1210 g/mol. The maximum Gasteiger partial charge on any atom is 0.319 e. The number of nitrogens with one attached hydrogen (secondary N) is 2. The van der Waals surface area contributed by atoms with Crippen molar-refractivity contribution in [3.8, 4) is 46.0 Å². The van der Waals surface area contributed by atoms with Crippen LogP contribution in [0.3, 0.4) is 0 Å². The summed E-state index contributed by atoms with van der Waals surface area (Å²) < 4.78 is 113. The minimum Gasteiger partial charge on any atom is -0.508 e. The van der Waals surface area contributed by atoms with Gasteiger partial charge in [0.15, 0.2) is 11.6 Å². The molecule has 0 saturated carbocycles. The summed E-state index contributed by atoms with van der Waals surface area (Å²) in [4.78, 5) is 45.4. The van der Waals surface area contributed by atoms with Gasteiger partial charge in [-0.15, -0.1) is 0 Å². The fraction of sp³-hybridized carbons (Fsp3) is 0.453. The minimum absolute atomic E-state index is 0.00287. The lowest BCUT2D eigenvalue weighted by molar-refractivity contribution is -0.119. The Labute approximate surface area is 500 Å². The number of halogens is 6. The zero-order valence-electron chi connectivity index (χ0n) is 48.4. The molecule has 0 spiro atoms. The van der Waals surface area contributed by atoms with Gasteiger partial charge >= 0.3 is 12.0 Å². The number of anilines is 2. The molecule has 2 unspecified atom stereocenters. The number of aryl methyl sites for hydroxylation is 2. The van der Waals surface area contributed by atoms with Gasteiger partial charge in [-0.05, 0) is 126 Å². The summed E-state index contributed by atoms with van der Waals surface area (Å²) in [5, 5.41) is 51.8. The summed E-state index contributed by atoms with van der Waals surface area (Å²) >= 11 is 0. The van der Waals surface area contributed by atoms with Crippen molar-refractivity contribution in [2.75, 3.05) is 69.2 Å². The highest BCUT2D eigenvalue weighted by molar-refractivity contribution is 6.04. The molecule has 0 radical (unpaired) electrons. The quantitative estimate of drug-likeness (QED) is 0.0526. The molecule has 6 aliphatic heterocycles. The van der Waals surface area contributed by atoms with Crippen molar-refractivity contribution in [1.29, 1.82) is 0 Å². The van der Waals surface area contributed by atoms with Crippen LogP contribution in [0.5, 0.6) is 23.5 Å². The first kappa shape index (κ1) is 57.8. The maximum atomic E-state index is 17.8. The second kappa shape index (κ2) is 22.3. The van der Waals surface area contributed by atoms with E-state index in [4.69, 9.17) is 14.5 Å². The molecule has 6 saturated heterocycles. The zero-order valence-corrected chi connectivity index (χ0v) is 48.4. The fourth-order valence-corrected chi connectivity index (χ4v) is 15.3. The van der Waals surface area contributed by atoms with Crippen molar-refractivity contribution in [2.45, 2.75) is 120 Å². The number of alkyl halides is 2. The largest absolute Gasteiger partial charge is 0.508 e. The number of aliphatic hydroxyl groups excluding tert-OH is 2. The number of aliphatic hydroxyl groups is 2. The van der Waals surface area contributed by atoms with Crippen molar-refractivity contribution < 1.29 is 61.0 Å². The van der Waals surface area contributed by atoms with Gasteiger partial charge in [0, 0.05) is 87.8 Å². The number of nitrogens with zero attached hydrogens (tertiary/aromatic N) is 9. The number of hydrogen-bond donors (Lipinski definition) is 6. The highest BCUT2D eigenvalue weighted by atomic mass is 19.2. The Morgan fingerprint density at radius 1 is 0.727 bits per heavy atom. The molecule has 6 aliphatic rings. The van der Waals surface area contributed by atoms with Gasteiger partial charge in [0.25, 0.3) is 0 Å². The molecule has 8 atom stereocenters. The molecule has 14 rings (SSSR count). The van der Waals surface area contributed by atoms with Crippen LogP contribution in [0.1, 0.15) is 87.9 Å². The number of carbonyl (C=O) groups excluding carboxylic acids is 1. The molecule has 6 N–H and O–H groups in total. The number of fused-ring (bicyclic) bond motifs is 6. The number of pyridine rings is 2. The molecule has 1 amide bonds. The summed E-state index contributed by atoms with van der Waals surface area (Å²) in [7, 11) is 0. The Kier molecular flexibility index (Phi) is 14.6. The van der Waals surface area contributed by atoms with Gasteiger partial charge in [-0.1, -0.05) is 19.9 Å². The van der Waals surface area contributed by atoms with Crippen LogP contribution < -0.4 is 25.0 Å². The highest BCUT2D eigenvalue weighted by Crippen LogP contribution is 2.53. The van der Waals surface area contributed by atoms with E-state index in [1.807, 2.05) is 4.90 Å². The van der Waals surface area contributed by atoms with Crippen LogP contribution in [0.15, 0.2) is 54.9 Å². The molecule has 4 aromatic carbocycles. The monoisotopic (exact) mass is 1210 g/mol. The van der Waals surface area contributed by atoms with Crippen LogP contribution in [-0.4, -0.2) is 161 Å². The van der Waals surface area contributed by atoms with E-state index in [1.165, 1.54) is 54.9 Å². The lowest BCUT2D eigenvalue weighted by Gasteiger charge is -2.35.